The number of nitrogens with two attached hydrogens (primary N) is 1. The molecule has 3 rings (SSSR count). The van der Waals surface area contributed by atoms with E-state index in [2.05, 4.69) is 20.5 Å². The van der Waals surface area contributed by atoms with Crippen molar-refractivity contribution in [1.82, 2.24) is 20.5 Å². The largest absolute Gasteiger partial charge is 0.379 e. The molecule has 13 heteroatoms. The molecule has 1 aliphatic heterocycles. The standard InChI is InChI=1S/C21H27Cl2N5O4S2/c22-15-2-1-13(7-16(15)23)9-28-5-6-32-14(10-28)8-26-19(30)12-34-21-27-17(11-33-21)20(31)25-4-3-18(24)29/h1-2,7,11,14,18,29H,3-6,8-10,12,24H2,(H,25,31)(H,26,30)/t14-,18-/m0/s1. The fraction of sp³-hybridized carbons (Fsp3) is 0.476. The average Bonchev–Trinajstić information content (AvgIpc) is 3.28. The molecular formula is C21H27Cl2N5O4S2. The predicted molar refractivity (Wildman–Crippen MR) is 134 cm³/mol. The van der Waals surface area contributed by atoms with E-state index in [4.69, 9.17) is 38.8 Å². The number of morpholine rings is 1. The van der Waals surface area contributed by atoms with E-state index in [1.165, 1.54) is 23.1 Å². The van der Waals surface area contributed by atoms with Crippen LogP contribution in [0.5, 0.6) is 0 Å². The minimum Gasteiger partial charge on any atom is -0.379 e. The van der Waals surface area contributed by atoms with Gasteiger partial charge in [-0.3, -0.25) is 14.5 Å². The molecule has 5 N–H and O–H groups in total. The van der Waals surface area contributed by atoms with Gasteiger partial charge in [-0.15, -0.1) is 11.3 Å². The van der Waals surface area contributed by atoms with E-state index >= 15 is 0 Å². The quantitative estimate of drug-likeness (QED) is 0.248. The van der Waals surface area contributed by atoms with Crippen LogP contribution >= 0.6 is 46.3 Å². The number of carbonyl (C=O) groups excluding carboxylic acids is 2. The summed E-state index contributed by atoms with van der Waals surface area (Å²) >= 11 is 14.7. The van der Waals surface area contributed by atoms with Crippen molar-refractivity contribution in [2.75, 3.05) is 38.5 Å². The number of ether oxygens (including phenoxy) is 1. The Labute approximate surface area is 216 Å². The van der Waals surface area contributed by atoms with Gasteiger partial charge in [0.05, 0.1) is 28.5 Å². The summed E-state index contributed by atoms with van der Waals surface area (Å²) in [4.78, 5) is 30.8. The number of aromatic nitrogens is 1. The molecule has 1 saturated heterocycles. The maximum absolute atomic E-state index is 12.3. The summed E-state index contributed by atoms with van der Waals surface area (Å²) in [6, 6.07) is 5.61. The lowest BCUT2D eigenvalue weighted by atomic mass is 10.2. The lowest BCUT2D eigenvalue weighted by Crippen LogP contribution is -2.47. The Balaban J connectivity index is 1.36. The van der Waals surface area contributed by atoms with Crippen molar-refractivity contribution in [3.63, 3.8) is 0 Å². The normalized spacial score (nSPS) is 17.4. The van der Waals surface area contributed by atoms with Crippen molar-refractivity contribution < 1.29 is 19.4 Å². The lowest BCUT2D eigenvalue weighted by Gasteiger charge is -2.33. The van der Waals surface area contributed by atoms with Crippen molar-refractivity contribution in [2.24, 2.45) is 5.73 Å². The highest BCUT2D eigenvalue weighted by atomic mass is 35.5. The van der Waals surface area contributed by atoms with Gasteiger partial charge >= 0.3 is 0 Å². The van der Waals surface area contributed by atoms with Crippen LogP contribution in [-0.2, 0) is 16.1 Å². The highest BCUT2D eigenvalue weighted by Crippen LogP contribution is 2.24. The first-order chi connectivity index (χ1) is 16.3. The highest BCUT2D eigenvalue weighted by molar-refractivity contribution is 8.01. The monoisotopic (exact) mass is 547 g/mol. The molecule has 0 bridgehead atoms. The minimum atomic E-state index is -0.968. The van der Waals surface area contributed by atoms with Gasteiger partial charge in [0.1, 0.15) is 11.9 Å². The third-order valence-electron chi connectivity index (χ3n) is 4.91. The summed E-state index contributed by atoms with van der Waals surface area (Å²) in [5.74, 6) is -0.283. The van der Waals surface area contributed by atoms with Crippen molar-refractivity contribution in [1.29, 1.82) is 0 Å². The SMILES string of the molecule is N[C@@H](O)CCNC(=O)c1csc(SCC(=O)NC[C@H]2CN(Cc3ccc(Cl)c(Cl)c3)CCO2)n1. The van der Waals surface area contributed by atoms with E-state index in [-0.39, 0.29) is 42.3 Å². The highest BCUT2D eigenvalue weighted by Gasteiger charge is 2.21. The van der Waals surface area contributed by atoms with E-state index in [1.54, 1.807) is 11.4 Å². The zero-order chi connectivity index (χ0) is 24.5. The zero-order valence-corrected chi connectivity index (χ0v) is 21.5. The third-order valence-corrected chi connectivity index (χ3v) is 7.67. The summed E-state index contributed by atoms with van der Waals surface area (Å²) in [5, 5.41) is 17.3. The fourth-order valence-corrected chi connectivity index (χ4v) is 5.16. The van der Waals surface area contributed by atoms with E-state index in [0.29, 0.717) is 34.1 Å². The second-order valence-electron chi connectivity index (χ2n) is 7.68. The first-order valence-electron chi connectivity index (χ1n) is 10.6. The molecule has 2 aromatic rings. The van der Waals surface area contributed by atoms with Gasteiger partial charge in [-0.2, -0.15) is 0 Å². The van der Waals surface area contributed by atoms with Crippen LogP contribution in [0.2, 0.25) is 10.0 Å². The smallest absolute Gasteiger partial charge is 0.270 e. The van der Waals surface area contributed by atoms with Gasteiger partial charge in [0.25, 0.3) is 5.91 Å². The minimum absolute atomic E-state index is 0.104. The number of halogens is 2. The van der Waals surface area contributed by atoms with E-state index in [1.807, 2.05) is 12.1 Å². The maximum Gasteiger partial charge on any atom is 0.270 e. The van der Waals surface area contributed by atoms with Crippen LogP contribution in [0.25, 0.3) is 0 Å². The molecule has 9 nitrogen and oxygen atoms in total. The molecule has 1 fully saturated rings. The van der Waals surface area contributed by atoms with Gasteiger partial charge in [0.15, 0.2) is 4.34 Å². The molecule has 1 aliphatic rings. The van der Waals surface area contributed by atoms with Crippen molar-refractivity contribution in [3.05, 3.63) is 44.9 Å². The number of aliphatic hydroxyl groups excluding tert-OH is 1. The van der Waals surface area contributed by atoms with Crippen molar-refractivity contribution in [3.8, 4) is 0 Å². The van der Waals surface area contributed by atoms with E-state index < -0.39 is 6.23 Å². The molecule has 2 amide bonds. The third kappa shape index (κ3) is 8.97. The number of aliphatic hydroxyl groups is 1. The molecule has 0 saturated carbocycles. The summed E-state index contributed by atoms with van der Waals surface area (Å²) in [7, 11) is 0. The number of nitrogens with zero attached hydrogens (tertiary/aromatic N) is 2. The van der Waals surface area contributed by atoms with Gasteiger partial charge in [0.2, 0.25) is 5.91 Å². The van der Waals surface area contributed by atoms with Crippen LogP contribution in [-0.4, -0.2) is 77.7 Å². The Kier molecular flexibility index (Phi) is 10.9. The van der Waals surface area contributed by atoms with Crippen LogP contribution in [0, 0.1) is 0 Å². The van der Waals surface area contributed by atoms with Crippen LogP contribution < -0.4 is 16.4 Å². The summed E-state index contributed by atoms with van der Waals surface area (Å²) in [5.41, 5.74) is 6.59. The number of nitrogens with one attached hydrogen (secondary N) is 2. The Hall–Kier alpha value is -1.44. The van der Waals surface area contributed by atoms with E-state index in [9.17, 15) is 9.59 Å². The van der Waals surface area contributed by atoms with Crippen molar-refractivity contribution in [2.45, 2.75) is 29.6 Å². The molecule has 34 heavy (non-hydrogen) atoms. The molecule has 1 aromatic heterocycles. The molecule has 2 atom stereocenters. The van der Waals surface area contributed by atoms with Gasteiger partial charge in [-0.1, -0.05) is 41.0 Å². The van der Waals surface area contributed by atoms with E-state index in [0.717, 1.165) is 18.7 Å². The average molecular weight is 549 g/mol. The fourth-order valence-electron chi connectivity index (χ4n) is 3.20. The molecule has 0 unspecified atom stereocenters. The molecule has 1 aromatic carbocycles. The Morgan fingerprint density at radius 3 is 2.94 bits per heavy atom. The topological polar surface area (TPSA) is 130 Å². The number of rotatable bonds is 11. The second-order valence-corrected chi connectivity index (χ2v) is 10.6. The van der Waals surface area contributed by atoms with Gasteiger partial charge in [0, 0.05) is 44.5 Å². The molecule has 0 spiro atoms. The first-order valence-corrected chi connectivity index (χ1v) is 13.3. The predicted octanol–water partition coefficient (Wildman–Crippen LogP) is 1.96. The summed E-state index contributed by atoms with van der Waals surface area (Å²) < 4.78 is 6.42. The number of carbonyl (C=O) groups is 2. The summed E-state index contributed by atoms with van der Waals surface area (Å²) in [6.07, 6.45) is -0.812. The number of hydrogen-bond donors (Lipinski definition) is 4. The second kappa shape index (κ2) is 13.6. The van der Waals surface area contributed by atoms with Crippen LogP contribution in [0.1, 0.15) is 22.5 Å². The zero-order valence-electron chi connectivity index (χ0n) is 18.3. The number of thioether (sulfide) groups is 1. The number of amides is 2. The first kappa shape index (κ1) is 27.2. The molecule has 0 aliphatic carbocycles. The molecule has 186 valence electrons. The maximum atomic E-state index is 12.3. The van der Waals surface area contributed by atoms with Crippen LogP contribution in [0.4, 0.5) is 0 Å². The Bertz CT molecular complexity index is 978. The molecule has 0 radical (unpaired) electrons. The summed E-state index contributed by atoms with van der Waals surface area (Å²) in [6.45, 7) is 3.48. The molecule has 2 heterocycles. The van der Waals surface area contributed by atoms with Gasteiger partial charge in [-0.25, -0.2) is 4.98 Å². The van der Waals surface area contributed by atoms with Crippen LogP contribution in [0.15, 0.2) is 27.9 Å². The van der Waals surface area contributed by atoms with Gasteiger partial charge in [-0.05, 0) is 17.7 Å². The number of thiazole rings is 1. The Morgan fingerprint density at radius 1 is 1.35 bits per heavy atom. The van der Waals surface area contributed by atoms with Gasteiger partial charge < -0.3 is 26.2 Å². The number of benzene rings is 1. The van der Waals surface area contributed by atoms with Crippen LogP contribution in [0.3, 0.4) is 0 Å². The lowest BCUT2D eigenvalue weighted by molar-refractivity contribution is -0.119. The number of hydrogen-bond acceptors (Lipinski definition) is 9. The Morgan fingerprint density at radius 2 is 2.18 bits per heavy atom. The van der Waals surface area contributed by atoms with Crippen molar-refractivity contribution >= 4 is 58.1 Å². The molecular weight excluding hydrogens is 521 g/mol.